The van der Waals surface area contributed by atoms with Crippen LogP contribution in [0.25, 0.3) is 11.1 Å². The number of aromatic nitrogens is 3. The fourth-order valence-electron chi connectivity index (χ4n) is 4.88. The molecule has 1 atom stereocenters. The van der Waals surface area contributed by atoms with Gasteiger partial charge in [0.2, 0.25) is 0 Å². The third-order valence-electron chi connectivity index (χ3n) is 6.70. The van der Waals surface area contributed by atoms with Crippen molar-refractivity contribution in [3.05, 3.63) is 30.7 Å². The van der Waals surface area contributed by atoms with Gasteiger partial charge < -0.3 is 0 Å². The second kappa shape index (κ2) is 12.2. The molecule has 0 saturated carbocycles. The maximum atomic E-state index is 6.14. The van der Waals surface area contributed by atoms with Crippen molar-refractivity contribution in [1.82, 2.24) is 14.8 Å². The summed E-state index contributed by atoms with van der Waals surface area (Å²) in [5, 5.41) is 5.41. The number of ether oxygens (including phenoxy) is 1. The first kappa shape index (κ1) is 23.8. The van der Waals surface area contributed by atoms with Crippen molar-refractivity contribution in [2.75, 3.05) is 6.61 Å². The van der Waals surface area contributed by atoms with E-state index in [4.69, 9.17) is 9.84 Å². The van der Waals surface area contributed by atoms with Crippen LogP contribution in [0.3, 0.4) is 0 Å². The van der Waals surface area contributed by atoms with Gasteiger partial charge in [-0.15, -0.1) is 0 Å². The number of hydrogen-bond donors (Lipinski definition) is 0. The van der Waals surface area contributed by atoms with Gasteiger partial charge in [0, 0.05) is 0 Å². The minimum atomic E-state index is -2.67. The Kier molecular flexibility index (Phi) is 9.69. The van der Waals surface area contributed by atoms with Gasteiger partial charge >= 0.3 is 188 Å². The zero-order chi connectivity index (χ0) is 21.2. The molecule has 0 amide bonds. The molecule has 0 spiro atoms. The molecule has 1 aliphatic heterocycles. The Hall–Kier alpha value is -0.881. The summed E-state index contributed by atoms with van der Waals surface area (Å²) in [6.07, 6.45) is 17.7. The van der Waals surface area contributed by atoms with E-state index in [1.807, 2.05) is 12.4 Å². The van der Waals surface area contributed by atoms with Gasteiger partial charge in [-0.2, -0.15) is 0 Å². The van der Waals surface area contributed by atoms with Crippen molar-refractivity contribution < 1.29 is 4.74 Å². The van der Waals surface area contributed by atoms with Crippen molar-refractivity contribution in [3.8, 4) is 11.1 Å². The van der Waals surface area contributed by atoms with Crippen molar-refractivity contribution in [3.63, 3.8) is 0 Å². The molecule has 1 fully saturated rings. The van der Waals surface area contributed by atoms with Crippen LogP contribution in [0.2, 0.25) is 13.3 Å². The van der Waals surface area contributed by atoms with E-state index in [-0.39, 0.29) is 6.23 Å². The Bertz CT molecular complexity index is 718. The van der Waals surface area contributed by atoms with Gasteiger partial charge in [0.15, 0.2) is 0 Å². The molecule has 0 aliphatic carbocycles. The zero-order valence-corrected chi connectivity index (χ0v) is 22.3. The number of pyridine rings is 1. The standard InChI is InChI=1S/C13H14N3O.3C4H9.Sn/c1-2-8-17-13(3-1)16-10-12(9-15-16)11-4-6-14-7-5-11;3*1-3-4-2;/h4-7,10,13H,1-3,8H2;3*1,3-4H2,2H3;/t13-;;;;/m0..../s1. The Morgan fingerprint density at radius 1 is 0.967 bits per heavy atom. The van der Waals surface area contributed by atoms with E-state index in [1.165, 1.54) is 79.5 Å². The average molecular weight is 518 g/mol. The van der Waals surface area contributed by atoms with Gasteiger partial charge in [-0.3, -0.25) is 0 Å². The third kappa shape index (κ3) is 5.87. The zero-order valence-electron chi connectivity index (χ0n) is 19.4. The van der Waals surface area contributed by atoms with Crippen LogP contribution < -0.4 is 3.71 Å². The van der Waals surface area contributed by atoms with Crippen LogP contribution in [-0.2, 0) is 4.74 Å². The molecule has 1 aliphatic rings. The third-order valence-corrected chi connectivity index (χ3v) is 21.8. The fourth-order valence-corrected chi connectivity index (χ4v) is 21.0. The summed E-state index contributed by atoms with van der Waals surface area (Å²) in [6.45, 7) is 7.89. The normalized spacial score (nSPS) is 17.4. The van der Waals surface area contributed by atoms with Crippen molar-refractivity contribution >= 4 is 22.1 Å². The number of rotatable bonds is 12. The van der Waals surface area contributed by atoms with E-state index in [0.717, 1.165) is 13.0 Å². The molecule has 4 nitrogen and oxygen atoms in total. The van der Waals surface area contributed by atoms with Crippen LogP contribution in [0.5, 0.6) is 0 Å². The first-order chi connectivity index (χ1) is 14.7. The van der Waals surface area contributed by atoms with Crippen molar-refractivity contribution in [1.29, 1.82) is 0 Å². The molecule has 0 bridgehead atoms. The van der Waals surface area contributed by atoms with Crippen LogP contribution >= 0.6 is 0 Å². The Balaban J connectivity index is 2.09. The quantitative estimate of drug-likeness (QED) is 0.294. The van der Waals surface area contributed by atoms with Crippen LogP contribution in [0.4, 0.5) is 0 Å². The van der Waals surface area contributed by atoms with Gasteiger partial charge in [0.25, 0.3) is 0 Å². The monoisotopic (exact) mass is 519 g/mol. The predicted molar refractivity (Wildman–Crippen MR) is 129 cm³/mol. The summed E-state index contributed by atoms with van der Waals surface area (Å²) in [7, 11) is 0. The van der Waals surface area contributed by atoms with Gasteiger partial charge in [0.05, 0.1) is 0 Å². The molecule has 0 unspecified atom stereocenters. The molecule has 2 aromatic rings. The summed E-state index contributed by atoms with van der Waals surface area (Å²) in [4.78, 5) is 4.27. The molecule has 5 heteroatoms. The Labute approximate surface area is 187 Å². The second-order valence-corrected chi connectivity index (χ2v) is 22.0. The first-order valence-corrected chi connectivity index (χ1v) is 19.8. The summed E-state index contributed by atoms with van der Waals surface area (Å²) >= 11 is -2.67. The van der Waals surface area contributed by atoms with Crippen molar-refractivity contribution in [2.45, 2.75) is 98.1 Å². The summed E-state index contributed by atoms with van der Waals surface area (Å²) < 4.78 is 14.2. The van der Waals surface area contributed by atoms with E-state index in [1.54, 1.807) is 0 Å². The van der Waals surface area contributed by atoms with E-state index < -0.39 is 18.4 Å². The Morgan fingerprint density at radius 3 is 2.13 bits per heavy atom. The molecule has 0 radical (unpaired) electrons. The molecule has 30 heavy (non-hydrogen) atoms. The molecule has 3 rings (SSSR count). The molecule has 2 aromatic heterocycles. The first-order valence-electron chi connectivity index (χ1n) is 12.4. The van der Waals surface area contributed by atoms with Crippen LogP contribution in [-0.4, -0.2) is 39.7 Å². The summed E-state index contributed by atoms with van der Waals surface area (Å²) in [6, 6.07) is 4.34. The topological polar surface area (TPSA) is 39.9 Å². The van der Waals surface area contributed by atoms with Crippen LogP contribution in [0, 0.1) is 0 Å². The van der Waals surface area contributed by atoms with Crippen LogP contribution in [0.15, 0.2) is 30.7 Å². The maximum absolute atomic E-state index is 6.14. The van der Waals surface area contributed by atoms with E-state index in [9.17, 15) is 0 Å². The summed E-state index contributed by atoms with van der Waals surface area (Å²) in [5.41, 5.74) is 2.67. The molecular weight excluding hydrogens is 477 g/mol. The minimum absolute atomic E-state index is 0.112. The van der Waals surface area contributed by atoms with E-state index in [0.29, 0.717) is 0 Å². The van der Waals surface area contributed by atoms with Gasteiger partial charge in [-0.05, 0) is 0 Å². The second-order valence-electron chi connectivity index (χ2n) is 9.02. The SMILES string of the molecule is CCC[CH2][Sn]([CH2]CCC)([CH2]CCC)[c]1nn([C@@H]2CCCCO2)cc1-c1ccncc1. The van der Waals surface area contributed by atoms with Crippen molar-refractivity contribution in [2.24, 2.45) is 0 Å². The van der Waals surface area contributed by atoms with Crippen LogP contribution in [0.1, 0.15) is 84.8 Å². The van der Waals surface area contributed by atoms with Gasteiger partial charge in [0.1, 0.15) is 0 Å². The Morgan fingerprint density at radius 2 is 1.60 bits per heavy atom. The predicted octanol–water partition coefficient (Wildman–Crippen LogP) is 6.70. The van der Waals surface area contributed by atoms with E-state index >= 15 is 0 Å². The fraction of sp³-hybridized carbons (Fsp3) is 0.680. The molecule has 3 heterocycles. The van der Waals surface area contributed by atoms with Gasteiger partial charge in [-0.25, -0.2) is 0 Å². The average Bonchev–Trinajstić information content (AvgIpc) is 3.26. The van der Waals surface area contributed by atoms with E-state index in [2.05, 4.69) is 48.8 Å². The number of nitrogens with zero attached hydrogens (tertiary/aromatic N) is 3. The molecule has 0 aromatic carbocycles. The number of unbranched alkanes of at least 4 members (excludes halogenated alkanes) is 3. The molecule has 1 saturated heterocycles. The molecular formula is C25H41N3OSn. The van der Waals surface area contributed by atoms with Gasteiger partial charge in [-0.1, -0.05) is 0 Å². The number of hydrogen-bond acceptors (Lipinski definition) is 3. The molecule has 166 valence electrons. The molecule has 0 N–H and O–H groups in total. The summed E-state index contributed by atoms with van der Waals surface area (Å²) in [5.74, 6) is 0.